The van der Waals surface area contributed by atoms with Gasteiger partial charge in [0.15, 0.2) is 0 Å². The van der Waals surface area contributed by atoms with Gasteiger partial charge in [-0.15, -0.1) is 0 Å². The summed E-state index contributed by atoms with van der Waals surface area (Å²) in [6, 6.07) is 0. The van der Waals surface area contributed by atoms with Crippen molar-refractivity contribution in [3.63, 3.8) is 0 Å². The fourth-order valence-electron chi connectivity index (χ4n) is 4.43. The molecule has 0 aromatic carbocycles. The lowest BCUT2D eigenvalue weighted by molar-refractivity contribution is -0.211. The standard InChI is InChI=1S/C14H20O4/c15-13(16)14(6-9-4-10(7-14)17-9)5-8-1-2-11-12(3-8)18-11/h8-12H,1-7H2,(H,15,16). The van der Waals surface area contributed by atoms with Crippen LogP contribution in [0.3, 0.4) is 0 Å². The molecule has 5 rings (SSSR count). The van der Waals surface area contributed by atoms with Gasteiger partial charge in [-0.1, -0.05) is 0 Å². The molecule has 4 nitrogen and oxygen atoms in total. The van der Waals surface area contributed by atoms with E-state index in [4.69, 9.17) is 9.47 Å². The molecule has 2 saturated carbocycles. The first-order valence-electron chi connectivity index (χ1n) is 7.19. The first-order chi connectivity index (χ1) is 8.64. The SMILES string of the molecule is O=C(O)C1(CC2CCC3OC3C2)CC2CC(C1)O2. The van der Waals surface area contributed by atoms with E-state index in [0.29, 0.717) is 18.1 Å². The van der Waals surface area contributed by atoms with Gasteiger partial charge >= 0.3 is 5.97 Å². The lowest BCUT2D eigenvalue weighted by Crippen LogP contribution is -2.54. The molecule has 5 fully saturated rings. The number of carboxylic acids is 1. The molecule has 100 valence electrons. The van der Waals surface area contributed by atoms with E-state index in [1.165, 1.54) is 0 Å². The lowest BCUT2D eigenvalue weighted by atomic mass is 9.63. The first-order valence-corrected chi connectivity index (χ1v) is 7.19. The average Bonchev–Trinajstić information content (AvgIpc) is 3.06. The molecule has 3 heterocycles. The Labute approximate surface area is 107 Å². The van der Waals surface area contributed by atoms with Crippen molar-refractivity contribution in [2.24, 2.45) is 11.3 Å². The Morgan fingerprint density at radius 2 is 1.83 bits per heavy atom. The minimum atomic E-state index is -0.598. The molecule has 5 aliphatic rings. The van der Waals surface area contributed by atoms with Crippen LogP contribution in [0, 0.1) is 11.3 Å². The molecule has 4 heteroatoms. The van der Waals surface area contributed by atoms with E-state index in [2.05, 4.69) is 0 Å². The summed E-state index contributed by atoms with van der Waals surface area (Å²) in [5, 5.41) is 9.65. The van der Waals surface area contributed by atoms with E-state index in [1.807, 2.05) is 0 Å². The molecule has 2 bridgehead atoms. The van der Waals surface area contributed by atoms with Gasteiger partial charge in [-0.2, -0.15) is 0 Å². The summed E-state index contributed by atoms with van der Waals surface area (Å²) < 4.78 is 11.2. The molecule has 0 aromatic rings. The van der Waals surface area contributed by atoms with E-state index < -0.39 is 11.4 Å². The molecule has 0 spiro atoms. The Hall–Kier alpha value is -0.610. The molecule has 1 N–H and O–H groups in total. The number of carbonyl (C=O) groups is 1. The summed E-state index contributed by atoms with van der Waals surface area (Å²) in [5.74, 6) is -0.0540. The number of epoxide rings is 1. The molecule has 18 heavy (non-hydrogen) atoms. The van der Waals surface area contributed by atoms with Gasteiger partial charge in [0, 0.05) is 0 Å². The van der Waals surface area contributed by atoms with Gasteiger partial charge in [0.2, 0.25) is 0 Å². The van der Waals surface area contributed by atoms with E-state index in [-0.39, 0.29) is 12.2 Å². The Balaban J connectivity index is 1.47. The molecule has 5 atom stereocenters. The van der Waals surface area contributed by atoms with Crippen LogP contribution in [0.15, 0.2) is 0 Å². The fourth-order valence-corrected chi connectivity index (χ4v) is 4.43. The molecule has 0 radical (unpaired) electrons. The van der Waals surface area contributed by atoms with Crippen molar-refractivity contribution in [3.8, 4) is 0 Å². The number of carboxylic acid groups (broad SMARTS) is 1. The summed E-state index contributed by atoms with van der Waals surface area (Å²) in [5.41, 5.74) is -0.502. The van der Waals surface area contributed by atoms with Gasteiger partial charge in [0.1, 0.15) is 0 Å². The molecule has 0 amide bonds. The van der Waals surface area contributed by atoms with Crippen LogP contribution in [-0.2, 0) is 14.3 Å². The smallest absolute Gasteiger partial charge is 0.309 e. The third-order valence-corrected chi connectivity index (χ3v) is 5.39. The Kier molecular flexibility index (Phi) is 2.31. The van der Waals surface area contributed by atoms with E-state index in [0.717, 1.165) is 44.9 Å². The maximum absolute atomic E-state index is 11.7. The highest BCUT2D eigenvalue weighted by atomic mass is 16.6. The van der Waals surface area contributed by atoms with Crippen molar-refractivity contribution in [1.29, 1.82) is 0 Å². The fraction of sp³-hybridized carbons (Fsp3) is 0.929. The Bertz CT molecular complexity index is 364. The van der Waals surface area contributed by atoms with Crippen molar-refractivity contribution in [2.75, 3.05) is 0 Å². The monoisotopic (exact) mass is 252 g/mol. The zero-order valence-corrected chi connectivity index (χ0v) is 10.5. The minimum absolute atomic E-state index is 0.216. The predicted octanol–water partition coefficient (Wildman–Crippen LogP) is 1.97. The maximum atomic E-state index is 11.7. The zero-order chi connectivity index (χ0) is 12.3. The number of ether oxygens (including phenoxy) is 2. The summed E-state index contributed by atoms with van der Waals surface area (Å²) in [4.78, 5) is 11.7. The largest absolute Gasteiger partial charge is 0.481 e. The van der Waals surface area contributed by atoms with Crippen molar-refractivity contribution in [3.05, 3.63) is 0 Å². The quantitative estimate of drug-likeness (QED) is 0.780. The normalized spacial score (nSPS) is 53.2. The highest BCUT2D eigenvalue weighted by Gasteiger charge is 2.54. The van der Waals surface area contributed by atoms with Crippen molar-refractivity contribution in [2.45, 2.75) is 69.4 Å². The third-order valence-electron chi connectivity index (χ3n) is 5.39. The molecule has 3 saturated heterocycles. The van der Waals surface area contributed by atoms with Gasteiger partial charge in [-0.25, -0.2) is 0 Å². The number of hydrogen-bond acceptors (Lipinski definition) is 3. The zero-order valence-electron chi connectivity index (χ0n) is 10.5. The number of fused-ring (bicyclic) bond motifs is 3. The molecule has 2 aliphatic carbocycles. The van der Waals surface area contributed by atoms with Crippen LogP contribution < -0.4 is 0 Å². The lowest BCUT2D eigenvalue weighted by Gasteiger charge is -2.51. The first kappa shape index (κ1) is 11.2. The number of hydrogen-bond donors (Lipinski definition) is 1. The van der Waals surface area contributed by atoms with Gasteiger partial charge < -0.3 is 14.6 Å². The van der Waals surface area contributed by atoms with Crippen LogP contribution in [0.1, 0.15) is 44.9 Å². The maximum Gasteiger partial charge on any atom is 0.309 e. The number of aliphatic carboxylic acids is 1. The van der Waals surface area contributed by atoms with Gasteiger partial charge in [-0.05, 0) is 50.9 Å². The van der Waals surface area contributed by atoms with Gasteiger partial charge in [0.05, 0.1) is 29.8 Å². The topological polar surface area (TPSA) is 59.1 Å². The van der Waals surface area contributed by atoms with Crippen molar-refractivity contribution < 1.29 is 19.4 Å². The Morgan fingerprint density at radius 3 is 2.44 bits per heavy atom. The second-order valence-corrected chi connectivity index (χ2v) is 6.71. The van der Waals surface area contributed by atoms with Crippen LogP contribution >= 0.6 is 0 Å². The molecule has 3 aliphatic heterocycles. The van der Waals surface area contributed by atoms with Crippen LogP contribution in [0.2, 0.25) is 0 Å². The minimum Gasteiger partial charge on any atom is -0.481 e. The summed E-state index contributed by atoms with van der Waals surface area (Å²) in [6.07, 6.45) is 8.11. The van der Waals surface area contributed by atoms with Gasteiger partial charge in [-0.3, -0.25) is 4.79 Å². The van der Waals surface area contributed by atoms with Crippen molar-refractivity contribution >= 4 is 5.97 Å². The summed E-state index contributed by atoms with van der Waals surface area (Å²) in [6.45, 7) is 0. The van der Waals surface area contributed by atoms with E-state index in [1.54, 1.807) is 0 Å². The number of rotatable bonds is 3. The molecule has 0 aromatic heterocycles. The highest BCUT2D eigenvalue weighted by molar-refractivity contribution is 5.75. The second kappa shape index (κ2) is 3.70. The van der Waals surface area contributed by atoms with Crippen LogP contribution in [0.5, 0.6) is 0 Å². The summed E-state index contributed by atoms with van der Waals surface area (Å²) >= 11 is 0. The average molecular weight is 252 g/mol. The molecular formula is C14H20O4. The Morgan fingerprint density at radius 1 is 1.11 bits per heavy atom. The molecular weight excluding hydrogens is 232 g/mol. The predicted molar refractivity (Wildman–Crippen MR) is 63.2 cm³/mol. The van der Waals surface area contributed by atoms with E-state index in [9.17, 15) is 9.90 Å². The summed E-state index contributed by atoms with van der Waals surface area (Å²) in [7, 11) is 0. The van der Waals surface area contributed by atoms with Crippen molar-refractivity contribution in [1.82, 2.24) is 0 Å². The highest BCUT2D eigenvalue weighted by Crippen LogP contribution is 2.52. The van der Waals surface area contributed by atoms with Crippen LogP contribution in [0.4, 0.5) is 0 Å². The molecule has 5 unspecified atom stereocenters. The van der Waals surface area contributed by atoms with E-state index >= 15 is 0 Å². The van der Waals surface area contributed by atoms with Gasteiger partial charge in [0.25, 0.3) is 0 Å². The van der Waals surface area contributed by atoms with Crippen LogP contribution in [-0.4, -0.2) is 35.5 Å². The second-order valence-electron chi connectivity index (χ2n) is 6.71. The third kappa shape index (κ3) is 1.69. The van der Waals surface area contributed by atoms with Crippen LogP contribution in [0.25, 0.3) is 0 Å².